The van der Waals surface area contributed by atoms with Crippen LogP contribution in [0.15, 0.2) is 18.2 Å². The summed E-state index contributed by atoms with van der Waals surface area (Å²) in [6.45, 7) is 1.64. The number of likely N-dealkylation sites (N-methyl/N-ethyl adjacent to an activating group) is 1. The molecule has 6 heteroatoms. The van der Waals surface area contributed by atoms with Crippen molar-refractivity contribution in [1.29, 1.82) is 0 Å². The average Bonchev–Trinajstić information content (AvgIpc) is 2.87. The third-order valence-corrected chi connectivity index (χ3v) is 4.03. The first kappa shape index (κ1) is 16.1. The first-order valence-electron chi connectivity index (χ1n) is 7.14. The fraction of sp³-hybridized carbons (Fsp3) is 0.600. The van der Waals surface area contributed by atoms with Crippen LogP contribution in [0.2, 0.25) is 0 Å². The van der Waals surface area contributed by atoms with Crippen molar-refractivity contribution in [2.45, 2.75) is 25.1 Å². The lowest BCUT2D eigenvalue weighted by Crippen LogP contribution is -2.32. The zero-order chi connectivity index (χ0) is 15.6. The molecule has 0 spiro atoms. The van der Waals surface area contributed by atoms with E-state index in [-0.39, 0.29) is 5.69 Å². The number of hydrogen-bond acceptors (Lipinski definition) is 3. The zero-order valence-corrected chi connectivity index (χ0v) is 12.5. The fourth-order valence-electron chi connectivity index (χ4n) is 2.79. The van der Waals surface area contributed by atoms with Gasteiger partial charge in [-0.15, -0.1) is 0 Å². The Morgan fingerprint density at radius 3 is 2.57 bits per heavy atom. The van der Waals surface area contributed by atoms with Gasteiger partial charge in [0.15, 0.2) is 0 Å². The standard InChI is InChI=1S/C15H22F3N3/c1-20(2)12-6-8-21(10-12)14-4-3-11(5-7-19)9-13(14)15(16,17)18/h3-4,9,12H,5-8,10,19H2,1-2H3. The molecule has 0 saturated carbocycles. The number of nitrogens with two attached hydrogens (primary N) is 1. The van der Waals surface area contributed by atoms with Crippen molar-refractivity contribution in [3.8, 4) is 0 Å². The summed E-state index contributed by atoms with van der Waals surface area (Å²) in [6.07, 6.45) is -2.99. The summed E-state index contributed by atoms with van der Waals surface area (Å²) in [5.74, 6) is 0. The molecule has 2 N–H and O–H groups in total. The molecule has 0 aliphatic carbocycles. The zero-order valence-electron chi connectivity index (χ0n) is 12.5. The second kappa shape index (κ2) is 6.23. The summed E-state index contributed by atoms with van der Waals surface area (Å²) in [6, 6.07) is 4.88. The lowest BCUT2D eigenvalue weighted by molar-refractivity contribution is -0.137. The first-order valence-corrected chi connectivity index (χ1v) is 7.14. The molecule has 1 aliphatic rings. The molecule has 3 nitrogen and oxygen atoms in total. The largest absolute Gasteiger partial charge is 0.418 e. The summed E-state index contributed by atoms with van der Waals surface area (Å²) in [4.78, 5) is 3.90. The van der Waals surface area contributed by atoms with Crippen LogP contribution in [0.25, 0.3) is 0 Å². The molecule has 1 atom stereocenters. The van der Waals surface area contributed by atoms with E-state index in [1.54, 1.807) is 12.1 Å². The van der Waals surface area contributed by atoms with Crippen LogP contribution < -0.4 is 10.6 Å². The highest BCUT2D eigenvalue weighted by Crippen LogP contribution is 2.38. The van der Waals surface area contributed by atoms with Crippen molar-refractivity contribution < 1.29 is 13.2 Å². The minimum Gasteiger partial charge on any atom is -0.369 e. The molecule has 1 aliphatic heterocycles. The van der Waals surface area contributed by atoms with E-state index in [0.717, 1.165) is 6.42 Å². The van der Waals surface area contributed by atoms with Gasteiger partial charge in [-0.2, -0.15) is 13.2 Å². The van der Waals surface area contributed by atoms with Crippen molar-refractivity contribution in [1.82, 2.24) is 4.90 Å². The summed E-state index contributed by atoms with van der Waals surface area (Å²) >= 11 is 0. The summed E-state index contributed by atoms with van der Waals surface area (Å²) in [7, 11) is 3.92. The van der Waals surface area contributed by atoms with Crippen molar-refractivity contribution in [2.75, 3.05) is 38.6 Å². The molecule has 1 unspecified atom stereocenters. The van der Waals surface area contributed by atoms with Crippen LogP contribution in [0.1, 0.15) is 17.5 Å². The highest BCUT2D eigenvalue weighted by atomic mass is 19.4. The second-order valence-electron chi connectivity index (χ2n) is 5.74. The monoisotopic (exact) mass is 301 g/mol. The van der Waals surface area contributed by atoms with Gasteiger partial charge in [0.2, 0.25) is 0 Å². The average molecular weight is 301 g/mol. The lowest BCUT2D eigenvalue weighted by atomic mass is 10.0. The quantitative estimate of drug-likeness (QED) is 0.926. The Bertz CT molecular complexity index is 486. The number of alkyl halides is 3. The van der Waals surface area contributed by atoms with Crippen LogP contribution in [0.5, 0.6) is 0 Å². The summed E-state index contributed by atoms with van der Waals surface area (Å²) in [5.41, 5.74) is 5.81. The summed E-state index contributed by atoms with van der Waals surface area (Å²) < 4.78 is 39.9. The molecular weight excluding hydrogens is 279 g/mol. The minimum absolute atomic E-state index is 0.285. The Kier molecular flexibility index (Phi) is 4.78. The van der Waals surface area contributed by atoms with E-state index in [2.05, 4.69) is 4.90 Å². The smallest absolute Gasteiger partial charge is 0.369 e. The normalized spacial score (nSPS) is 19.6. The molecule has 0 radical (unpaired) electrons. The molecule has 0 amide bonds. The molecule has 2 rings (SSSR count). The molecule has 21 heavy (non-hydrogen) atoms. The predicted octanol–water partition coefficient (Wildman–Crippen LogP) is 2.35. The Balaban J connectivity index is 2.31. The maximum absolute atomic E-state index is 13.3. The number of benzene rings is 1. The van der Waals surface area contributed by atoms with E-state index >= 15 is 0 Å². The second-order valence-corrected chi connectivity index (χ2v) is 5.74. The van der Waals surface area contributed by atoms with Gasteiger partial charge in [-0.25, -0.2) is 0 Å². The maximum Gasteiger partial charge on any atom is 0.418 e. The third-order valence-electron chi connectivity index (χ3n) is 4.03. The third kappa shape index (κ3) is 3.68. The van der Waals surface area contributed by atoms with Gasteiger partial charge >= 0.3 is 6.18 Å². The number of hydrogen-bond donors (Lipinski definition) is 1. The number of rotatable bonds is 4. The number of nitrogens with zero attached hydrogens (tertiary/aromatic N) is 2. The van der Waals surface area contributed by atoms with E-state index in [1.165, 1.54) is 6.07 Å². The van der Waals surface area contributed by atoms with Crippen LogP contribution >= 0.6 is 0 Å². The van der Waals surface area contributed by atoms with Crippen molar-refractivity contribution in [3.63, 3.8) is 0 Å². The van der Waals surface area contributed by atoms with E-state index in [4.69, 9.17) is 5.73 Å². The Morgan fingerprint density at radius 2 is 2.05 bits per heavy atom. The van der Waals surface area contributed by atoms with Gasteiger partial charge in [0.1, 0.15) is 0 Å². The van der Waals surface area contributed by atoms with Gasteiger partial charge in [-0.3, -0.25) is 0 Å². The van der Waals surface area contributed by atoms with Crippen LogP contribution in [0.4, 0.5) is 18.9 Å². The van der Waals surface area contributed by atoms with Crippen LogP contribution in [0, 0.1) is 0 Å². The maximum atomic E-state index is 13.3. The first-order chi connectivity index (χ1) is 9.82. The molecule has 1 saturated heterocycles. The van der Waals surface area contributed by atoms with Gasteiger partial charge < -0.3 is 15.5 Å². The highest BCUT2D eigenvalue weighted by Gasteiger charge is 2.36. The minimum atomic E-state index is -4.34. The van der Waals surface area contributed by atoms with Crippen LogP contribution in [-0.2, 0) is 12.6 Å². The van der Waals surface area contributed by atoms with E-state index in [0.29, 0.717) is 37.7 Å². The van der Waals surface area contributed by atoms with E-state index < -0.39 is 11.7 Å². The van der Waals surface area contributed by atoms with Crippen molar-refractivity contribution >= 4 is 5.69 Å². The van der Waals surface area contributed by atoms with E-state index in [9.17, 15) is 13.2 Å². The van der Waals surface area contributed by atoms with Crippen molar-refractivity contribution in [3.05, 3.63) is 29.3 Å². The molecule has 118 valence electrons. The highest BCUT2D eigenvalue weighted by molar-refractivity contribution is 5.57. The van der Waals surface area contributed by atoms with Gasteiger partial charge in [0.05, 0.1) is 5.56 Å². The van der Waals surface area contributed by atoms with Gasteiger partial charge in [0, 0.05) is 24.8 Å². The Hall–Kier alpha value is -1.27. The fourth-order valence-corrected chi connectivity index (χ4v) is 2.79. The molecule has 1 heterocycles. The van der Waals surface area contributed by atoms with Crippen molar-refractivity contribution in [2.24, 2.45) is 5.73 Å². The molecule has 0 aromatic heterocycles. The number of anilines is 1. The topological polar surface area (TPSA) is 32.5 Å². The molecule has 1 aromatic carbocycles. The van der Waals surface area contributed by atoms with Gasteiger partial charge in [-0.05, 0) is 51.2 Å². The Labute approximate surface area is 123 Å². The van der Waals surface area contributed by atoms with Gasteiger partial charge in [-0.1, -0.05) is 6.07 Å². The molecule has 1 fully saturated rings. The molecule has 0 bridgehead atoms. The van der Waals surface area contributed by atoms with E-state index in [1.807, 2.05) is 19.0 Å². The van der Waals surface area contributed by atoms with Crippen LogP contribution in [-0.4, -0.2) is 44.7 Å². The SMILES string of the molecule is CN(C)C1CCN(c2ccc(CCN)cc2C(F)(F)F)C1. The Morgan fingerprint density at radius 1 is 1.33 bits per heavy atom. The number of halogens is 3. The van der Waals surface area contributed by atoms with Gasteiger partial charge in [0.25, 0.3) is 0 Å². The lowest BCUT2D eigenvalue weighted by Gasteiger charge is -2.25. The molecular formula is C15H22F3N3. The summed E-state index contributed by atoms with van der Waals surface area (Å²) in [5, 5.41) is 0. The predicted molar refractivity (Wildman–Crippen MR) is 78.5 cm³/mol. The molecule has 1 aromatic rings. The van der Waals surface area contributed by atoms with Crippen LogP contribution in [0.3, 0.4) is 0 Å².